The minimum absolute atomic E-state index is 0.155. The average molecular weight is 385 g/mol. The number of amides is 1. The Kier molecular flexibility index (Phi) is 5.62. The monoisotopic (exact) mass is 385 g/mol. The molecule has 1 amide bonds. The van der Waals surface area contributed by atoms with E-state index in [0.29, 0.717) is 28.4 Å². The highest BCUT2D eigenvalue weighted by Crippen LogP contribution is 2.42. The number of nitrogen functional groups attached to an aromatic ring is 1. The quantitative estimate of drug-likeness (QED) is 0.707. The van der Waals surface area contributed by atoms with Crippen molar-refractivity contribution in [1.82, 2.24) is 5.32 Å². The molecule has 0 aliphatic carbocycles. The van der Waals surface area contributed by atoms with E-state index < -0.39 is 11.4 Å². The zero-order valence-electron chi connectivity index (χ0n) is 14.8. The molecule has 3 rings (SSSR count). The molecule has 1 aliphatic rings. The van der Waals surface area contributed by atoms with Gasteiger partial charge in [0.05, 0.1) is 12.1 Å². The summed E-state index contributed by atoms with van der Waals surface area (Å²) in [6.45, 7) is 1.63. The van der Waals surface area contributed by atoms with E-state index in [2.05, 4.69) is 10.3 Å². The van der Waals surface area contributed by atoms with Gasteiger partial charge in [-0.25, -0.2) is 4.39 Å². The van der Waals surface area contributed by atoms with Crippen LogP contribution in [0.1, 0.15) is 29.3 Å². The molecule has 2 aromatic rings. The molecule has 0 bridgehead atoms. The molecular weight excluding hydrogens is 365 g/mol. The van der Waals surface area contributed by atoms with Crippen molar-refractivity contribution >= 4 is 28.5 Å². The normalized spacial score (nSPS) is 21.0. The summed E-state index contributed by atoms with van der Waals surface area (Å²) in [5.74, 6) is -0.720. The number of nitrogens with one attached hydrogen (secondary N) is 1. The number of aliphatic hydroxyl groups is 1. The van der Waals surface area contributed by atoms with Gasteiger partial charge in [0, 0.05) is 23.2 Å². The largest absolute Gasteiger partial charge is 0.399 e. The van der Waals surface area contributed by atoms with Crippen LogP contribution < -0.4 is 11.1 Å². The van der Waals surface area contributed by atoms with Crippen molar-refractivity contribution in [3.8, 4) is 0 Å². The first-order valence-electron chi connectivity index (χ1n) is 8.41. The van der Waals surface area contributed by atoms with Gasteiger partial charge in [-0.05, 0) is 48.2 Å². The van der Waals surface area contributed by atoms with Crippen molar-refractivity contribution in [2.45, 2.75) is 18.9 Å². The minimum Gasteiger partial charge on any atom is -0.399 e. The molecule has 7 heteroatoms. The van der Waals surface area contributed by atoms with Gasteiger partial charge in [-0.2, -0.15) is 0 Å². The summed E-state index contributed by atoms with van der Waals surface area (Å²) in [5.41, 5.74) is 6.16. The summed E-state index contributed by atoms with van der Waals surface area (Å²) in [4.78, 5) is 17.9. The number of rotatable bonds is 3. The van der Waals surface area contributed by atoms with Gasteiger partial charge in [-0.3, -0.25) is 9.79 Å². The lowest BCUT2D eigenvalue weighted by Crippen LogP contribution is -2.35. The first kappa shape index (κ1) is 19.1. The number of benzene rings is 2. The van der Waals surface area contributed by atoms with Crippen LogP contribution in [0.4, 0.5) is 10.1 Å². The van der Waals surface area contributed by atoms with Crippen LogP contribution in [0.25, 0.3) is 0 Å². The topological polar surface area (TPSA) is 87.7 Å². The Balaban J connectivity index is 1.98. The van der Waals surface area contributed by atoms with E-state index in [1.54, 1.807) is 43.3 Å². The highest BCUT2D eigenvalue weighted by Gasteiger charge is 2.35. The molecular formula is C20H20FN3O2S. The van der Waals surface area contributed by atoms with Crippen LogP contribution >= 0.6 is 11.8 Å². The Morgan fingerprint density at radius 2 is 2.11 bits per heavy atom. The number of carbonyl (C=O) groups is 1. The number of thioether (sulfide) groups is 1. The minimum atomic E-state index is -0.953. The molecule has 140 valence electrons. The second-order valence-corrected chi connectivity index (χ2v) is 7.50. The van der Waals surface area contributed by atoms with Crippen molar-refractivity contribution in [1.29, 1.82) is 0 Å². The lowest BCUT2D eigenvalue weighted by molar-refractivity contribution is 0.0977. The number of hydrogen-bond donors (Lipinski definition) is 3. The molecule has 0 saturated carbocycles. The fourth-order valence-electron chi connectivity index (χ4n) is 2.93. The summed E-state index contributed by atoms with van der Waals surface area (Å²) in [6, 6.07) is 13.1. The summed E-state index contributed by atoms with van der Waals surface area (Å²) in [6.07, 6.45) is 2.03. The molecule has 2 aromatic carbocycles. The summed E-state index contributed by atoms with van der Waals surface area (Å²) in [7, 11) is 0. The second-order valence-electron chi connectivity index (χ2n) is 6.38. The fourth-order valence-corrected chi connectivity index (χ4v) is 4.08. The first-order chi connectivity index (χ1) is 12.9. The lowest BCUT2D eigenvalue weighted by atomic mass is 9.88. The van der Waals surface area contributed by atoms with Gasteiger partial charge in [0.15, 0.2) is 5.17 Å². The van der Waals surface area contributed by atoms with Gasteiger partial charge in [-0.1, -0.05) is 30.0 Å². The predicted molar refractivity (Wildman–Crippen MR) is 107 cm³/mol. The Bertz CT molecular complexity index is 915. The number of aliphatic hydroxyl groups excluding tert-OH is 1. The fraction of sp³-hybridized carbons (Fsp3) is 0.200. The summed E-state index contributed by atoms with van der Waals surface area (Å²) >= 11 is 1.25. The Morgan fingerprint density at radius 3 is 2.81 bits per heavy atom. The van der Waals surface area contributed by atoms with Crippen molar-refractivity contribution in [3.63, 3.8) is 0 Å². The van der Waals surface area contributed by atoms with E-state index in [1.165, 1.54) is 23.9 Å². The summed E-state index contributed by atoms with van der Waals surface area (Å²) < 4.78 is 14.5. The number of nitrogens with two attached hydrogens (primary N) is 1. The first-order valence-corrected chi connectivity index (χ1v) is 9.22. The van der Waals surface area contributed by atoms with Gasteiger partial charge in [0.1, 0.15) is 5.82 Å². The van der Waals surface area contributed by atoms with Gasteiger partial charge in [0.2, 0.25) is 0 Å². The molecule has 0 radical (unpaired) electrons. The smallest absolute Gasteiger partial charge is 0.257 e. The summed E-state index contributed by atoms with van der Waals surface area (Å²) in [5, 5.41) is 12.4. The predicted octanol–water partition coefficient (Wildman–Crippen LogP) is 3.42. The number of halogens is 1. The lowest BCUT2D eigenvalue weighted by Gasteiger charge is -2.32. The SMILES string of the molecule is C[C@@]1(c2cc(N)ccc2F)C/C(=C/CO)SC(NC(=O)c2ccccc2)=N1. The van der Waals surface area contributed by atoms with Crippen LogP contribution in [-0.2, 0) is 5.54 Å². The molecule has 0 spiro atoms. The van der Waals surface area contributed by atoms with Gasteiger partial charge in [0.25, 0.3) is 5.91 Å². The van der Waals surface area contributed by atoms with Gasteiger partial charge in [-0.15, -0.1) is 0 Å². The van der Waals surface area contributed by atoms with E-state index >= 15 is 0 Å². The third-order valence-electron chi connectivity index (χ3n) is 4.24. The van der Waals surface area contributed by atoms with Crippen LogP contribution in [0.3, 0.4) is 0 Å². The van der Waals surface area contributed by atoms with Crippen LogP contribution in [0.5, 0.6) is 0 Å². The van der Waals surface area contributed by atoms with E-state index in [-0.39, 0.29) is 12.5 Å². The standard InChI is InChI=1S/C20H20FN3O2S/c1-20(16-11-14(22)7-8-17(16)21)12-15(9-10-25)27-19(24-20)23-18(26)13-5-3-2-4-6-13/h2-9,11,25H,10,12,22H2,1H3,(H,23,24,26)/b15-9-/t20-/m0/s1. The van der Waals surface area contributed by atoms with Crippen LogP contribution in [0.2, 0.25) is 0 Å². The maximum atomic E-state index is 14.5. The molecule has 0 saturated heterocycles. The highest BCUT2D eigenvalue weighted by atomic mass is 32.2. The van der Waals surface area contributed by atoms with Gasteiger partial charge < -0.3 is 16.2 Å². The molecule has 1 aliphatic heterocycles. The van der Waals surface area contributed by atoms with Crippen LogP contribution in [0, 0.1) is 5.82 Å². The molecule has 5 nitrogen and oxygen atoms in total. The van der Waals surface area contributed by atoms with E-state index in [4.69, 9.17) is 5.73 Å². The Labute approximate surface area is 161 Å². The third kappa shape index (κ3) is 4.37. The van der Waals surface area contributed by atoms with Gasteiger partial charge >= 0.3 is 0 Å². The highest BCUT2D eigenvalue weighted by molar-refractivity contribution is 8.17. The Morgan fingerprint density at radius 1 is 1.37 bits per heavy atom. The molecule has 0 unspecified atom stereocenters. The number of hydrogen-bond acceptors (Lipinski definition) is 5. The zero-order chi connectivity index (χ0) is 19.4. The van der Waals surface area contributed by atoms with Crippen molar-refractivity contribution in [2.24, 2.45) is 4.99 Å². The van der Waals surface area contributed by atoms with Crippen LogP contribution in [0.15, 0.2) is 64.5 Å². The number of carbonyl (C=O) groups excluding carboxylic acids is 1. The molecule has 1 atom stereocenters. The van der Waals surface area contributed by atoms with Crippen molar-refractivity contribution in [3.05, 3.63) is 76.5 Å². The van der Waals surface area contributed by atoms with Crippen molar-refractivity contribution in [2.75, 3.05) is 12.3 Å². The van der Waals surface area contributed by atoms with Crippen LogP contribution in [-0.4, -0.2) is 22.8 Å². The molecule has 27 heavy (non-hydrogen) atoms. The second kappa shape index (κ2) is 7.94. The molecule has 0 fully saturated rings. The number of anilines is 1. The van der Waals surface area contributed by atoms with E-state index in [9.17, 15) is 14.3 Å². The maximum Gasteiger partial charge on any atom is 0.257 e. The van der Waals surface area contributed by atoms with E-state index in [0.717, 1.165) is 4.91 Å². The maximum absolute atomic E-state index is 14.5. The number of nitrogens with zero attached hydrogens (tertiary/aromatic N) is 1. The van der Waals surface area contributed by atoms with Crippen molar-refractivity contribution < 1.29 is 14.3 Å². The Hall–Kier alpha value is -2.64. The third-order valence-corrected chi connectivity index (χ3v) is 5.20. The molecule has 0 aromatic heterocycles. The molecule has 4 N–H and O–H groups in total. The number of aliphatic imine (C=N–C) groups is 1. The zero-order valence-corrected chi connectivity index (χ0v) is 15.6. The van der Waals surface area contributed by atoms with E-state index in [1.807, 2.05) is 6.07 Å². The molecule has 1 heterocycles. The average Bonchev–Trinajstić information content (AvgIpc) is 2.64. The number of amidine groups is 1.